The zero-order valence-electron chi connectivity index (χ0n) is 13.0. The number of aromatic amines is 1. The molecule has 2 aromatic rings. The fourth-order valence-corrected chi connectivity index (χ4v) is 4.99. The second-order valence-electron chi connectivity index (χ2n) is 5.89. The van der Waals surface area contributed by atoms with E-state index in [4.69, 9.17) is 12.2 Å². The van der Waals surface area contributed by atoms with Crippen molar-refractivity contribution in [2.24, 2.45) is 0 Å². The van der Waals surface area contributed by atoms with E-state index in [2.05, 4.69) is 4.98 Å². The minimum Gasteiger partial charge on any atom is -0.353 e. The highest BCUT2D eigenvalue weighted by molar-refractivity contribution is 7.89. The summed E-state index contributed by atoms with van der Waals surface area (Å²) < 4.78 is 28.4. The van der Waals surface area contributed by atoms with Crippen LogP contribution in [0.5, 0.6) is 0 Å². The molecule has 0 saturated carbocycles. The van der Waals surface area contributed by atoms with Gasteiger partial charge in [-0.15, -0.1) is 0 Å². The first kappa shape index (κ1) is 16.4. The quantitative estimate of drug-likeness (QED) is 0.854. The van der Waals surface area contributed by atoms with Gasteiger partial charge in [-0.05, 0) is 38.0 Å². The van der Waals surface area contributed by atoms with Crippen molar-refractivity contribution >= 4 is 22.2 Å². The zero-order valence-corrected chi connectivity index (χ0v) is 14.7. The van der Waals surface area contributed by atoms with Crippen LogP contribution in [0.3, 0.4) is 0 Å². The summed E-state index contributed by atoms with van der Waals surface area (Å²) in [7, 11) is -3.52. The van der Waals surface area contributed by atoms with Crippen molar-refractivity contribution in [1.82, 2.24) is 9.29 Å². The average Bonchev–Trinajstić information content (AvgIpc) is 2.56. The van der Waals surface area contributed by atoms with Crippen LogP contribution in [-0.2, 0) is 10.0 Å². The molecule has 1 fully saturated rings. The van der Waals surface area contributed by atoms with Crippen molar-refractivity contribution in [3.63, 3.8) is 0 Å². The molecule has 1 aromatic carbocycles. The zero-order chi connectivity index (χ0) is 16.4. The monoisotopic (exact) mass is 348 g/mol. The first-order valence-electron chi connectivity index (χ1n) is 7.76. The SMILES string of the molecule is Cc1ccc(S(=O)(=O)N2CCCC[C@H]2c2ccc[nH]c2=S)cc1. The second-order valence-corrected chi connectivity index (χ2v) is 8.19. The Bertz CT molecular complexity index is 841. The van der Waals surface area contributed by atoms with E-state index in [9.17, 15) is 8.42 Å². The van der Waals surface area contributed by atoms with Crippen molar-refractivity contribution in [2.75, 3.05) is 6.54 Å². The van der Waals surface area contributed by atoms with Crippen LogP contribution in [-0.4, -0.2) is 24.3 Å². The molecule has 0 unspecified atom stereocenters. The number of aromatic nitrogens is 1. The van der Waals surface area contributed by atoms with Gasteiger partial charge in [-0.25, -0.2) is 8.42 Å². The largest absolute Gasteiger partial charge is 0.353 e. The van der Waals surface area contributed by atoms with Crippen molar-refractivity contribution in [2.45, 2.75) is 37.1 Å². The number of nitrogens with one attached hydrogen (secondary N) is 1. The molecule has 1 atom stereocenters. The highest BCUT2D eigenvalue weighted by Gasteiger charge is 2.34. The molecule has 1 aliphatic heterocycles. The highest BCUT2D eigenvalue weighted by atomic mass is 32.2. The lowest BCUT2D eigenvalue weighted by atomic mass is 9.99. The third kappa shape index (κ3) is 3.24. The lowest BCUT2D eigenvalue weighted by Crippen LogP contribution is -2.38. The van der Waals surface area contributed by atoms with Gasteiger partial charge in [0.15, 0.2) is 0 Å². The summed E-state index contributed by atoms with van der Waals surface area (Å²) in [5, 5.41) is 0. The van der Waals surface area contributed by atoms with Crippen LogP contribution in [0.15, 0.2) is 47.5 Å². The number of sulfonamides is 1. The minimum absolute atomic E-state index is 0.194. The summed E-state index contributed by atoms with van der Waals surface area (Å²) in [4.78, 5) is 3.36. The van der Waals surface area contributed by atoms with Gasteiger partial charge >= 0.3 is 0 Å². The lowest BCUT2D eigenvalue weighted by molar-refractivity contribution is 0.255. The van der Waals surface area contributed by atoms with Crippen molar-refractivity contribution in [3.8, 4) is 0 Å². The van der Waals surface area contributed by atoms with Crippen LogP contribution in [0, 0.1) is 11.6 Å². The number of piperidine rings is 1. The maximum Gasteiger partial charge on any atom is 0.243 e. The Morgan fingerprint density at radius 2 is 1.91 bits per heavy atom. The smallest absolute Gasteiger partial charge is 0.243 e. The summed E-state index contributed by atoms with van der Waals surface area (Å²) in [6.07, 6.45) is 4.46. The topological polar surface area (TPSA) is 53.2 Å². The van der Waals surface area contributed by atoms with Gasteiger partial charge in [0.25, 0.3) is 0 Å². The summed E-state index contributed by atoms with van der Waals surface area (Å²) >= 11 is 5.37. The Morgan fingerprint density at radius 1 is 1.17 bits per heavy atom. The normalized spacial score (nSPS) is 19.6. The molecular weight excluding hydrogens is 328 g/mol. The number of pyridine rings is 1. The first-order valence-corrected chi connectivity index (χ1v) is 9.61. The Labute approximate surface area is 142 Å². The van der Waals surface area contributed by atoms with E-state index < -0.39 is 10.0 Å². The molecule has 122 valence electrons. The van der Waals surface area contributed by atoms with Gasteiger partial charge in [0, 0.05) is 18.3 Å². The maximum atomic E-state index is 13.1. The molecule has 0 amide bonds. The van der Waals surface area contributed by atoms with E-state index in [1.165, 1.54) is 0 Å². The van der Waals surface area contributed by atoms with E-state index in [1.807, 2.05) is 31.2 Å². The van der Waals surface area contributed by atoms with Crippen molar-refractivity contribution < 1.29 is 8.42 Å². The van der Waals surface area contributed by atoms with Gasteiger partial charge in [-0.2, -0.15) is 4.31 Å². The lowest BCUT2D eigenvalue weighted by Gasteiger charge is -2.34. The molecule has 0 aliphatic carbocycles. The fourth-order valence-electron chi connectivity index (χ4n) is 3.05. The molecule has 1 N–H and O–H groups in total. The van der Waals surface area contributed by atoms with Crippen LogP contribution in [0.2, 0.25) is 0 Å². The Morgan fingerprint density at radius 3 is 2.61 bits per heavy atom. The number of benzene rings is 1. The van der Waals surface area contributed by atoms with Crippen LogP contribution in [0.4, 0.5) is 0 Å². The molecule has 6 heteroatoms. The summed E-state index contributed by atoms with van der Waals surface area (Å²) in [6, 6.07) is 10.6. The third-order valence-electron chi connectivity index (χ3n) is 4.29. The molecule has 0 radical (unpaired) electrons. The van der Waals surface area contributed by atoms with Crippen LogP contribution in [0.1, 0.15) is 36.4 Å². The number of rotatable bonds is 3. The number of aryl methyl sites for hydroxylation is 1. The minimum atomic E-state index is -3.52. The van der Waals surface area contributed by atoms with Crippen LogP contribution < -0.4 is 0 Å². The molecule has 0 bridgehead atoms. The van der Waals surface area contributed by atoms with Crippen LogP contribution in [0.25, 0.3) is 0 Å². The molecule has 1 saturated heterocycles. The predicted molar refractivity (Wildman–Crippen MR) is 93.3 cm³/mol. The maximum absolute atomic E-state index is 13.1. The summed E-state index contributed by atoms with van der Waals surface area (Å²) in [5.41, 5.74) is 1.93. The molecule has 1 aliphatic rings. The molecular formula is C17H20N2O2S2. The van der Waals surface area contributed by atoms with E-state index in [-0.39, 0.29) is 6.04 Å². The average molecular weight is 348 g/mol. The Hall–Kier alpha value is -1.50. The van der Waals surface area contributed by atoms with Gasteiger partial charge in [0.1, 0.15) is 4.64 Å². The summed E-state index contributed by atoms with van der Waals surface area (Å²) in [6.45, 7) is 2.48. The molecule has 1 aromatic heterocycles. The molecule has 0 spiro atoms. The standard InChI is InChI=1S/C17H20N2O2S2/c1-13-7-9-14(10-8-13)23(20,21)19-12-3-2-6-16(19)15-5-4-11-18-17(15)22/h4-5,7-11,16H,2-3,6,12H2,1H3,(H,18,22)/t16-/m0/s1. The van der Waals surface area contributed by atoms with Crippen molar-refractivity contribution in [1.29, 1.82) is 0 Å². The molecule has 4 nitrogen and oxygen atoms in total. The summed E-state index contributed by atoms with van der Waals surface area (Å²) in [5.74, 6) is 0. The van der Waals surface area contributed by atoms with Gasteiger partial charge in [-0.1, -0.05) is 42.4 Å². The van der Waals surface area contributed by atoms with Gasteiger partial charge in [0.2, 0.25) is 10.0 Å². The van der Waals surface area contributed by atoms with Gasteiger partial charge in [-0.3, -0.25) is 0 Å². The van der Waals surface area contributed by atoms with E-state index in [1.54, 1.807) is 22.6 Å². The molecule has 3 rings (SSSR count). The number of hydrogen-bond acceptors (Lipinski definition) is 3. The van der Waals surface area contributed by atoms with Crippen molar-refractivity contribution in [3.05, 3.63) is 58.4 Å². The number of hydrogen-bond donors (Lipinski definition) is 1. The fraction of sp³-hybridized carbons (Fsp3) is 0.353. The molecule has 23 heavy (non-hydrogen) atoms. The van der Waals surface area contributed by atoms with Crippen LogP contribution >= 0.6 is 12.2 Å². The number of nitrogens with zero attached hydrogens (tertiary/aromatic N) is 1. The van der Waals surface area contributed by atoms with Gasteiger partial charge in [0.05, 0.1) is 10.9 Å². The van der Waals surface area contributed by atoms with E-state index in [0.29, 0.717) is 16.1 Å². The first-order chi connectivity index (χ1) is 11.0. The number of H-pyrrole nitrogens is 1. The molecule has 2 heterocycles. The highest BCUT2D eigenvalue weighted by Crippen LogP contribution is 2.35. The van der Waals surface area contributed by atoms with E-state index in [0.717, 1.165) is 30.4 Å². The van der Waals surface area contributed by atoms with E-state index >= 15 is 0 Å². The predicted octanol–water partition coefficient (Wildman–Crippen LogP) is 3.97. The van der Waals surface area contributed by atoms with Gasteiger partial charge < -0.3 is 4.98 Å². The third-order valence-corrected chi connectivity index (χ3v) is 6.56. The Kier molecular flexibility index (Phi) is 4.66. The second kappa shape index (κ2) is 6.55. The Balaban J connectivity index is 2.03.